The molecule has 8 heteroatoms. The van der Waals surface area contributed by atoms with Crippen molar-refractivity contribution in [1.82, 2.24) is 4.90 Å². The van der Waals surface area contributed by atoms with E-state index < -0.39 is 0 Å². The van der Waals surface area contributed by atoms with Gasteiger partial charge in [0.2, 0.25) is 0 Å². The molecule has 1 aromatic carbocycles. The van der Waals surface area contributed by atoms with Crippen molar-refractivity contribution in [3.63, 3.8) is 0 Å². The van der Waals surface area contributed by atoms with Gasteiger partial charge in [-0.2, -0.15) is 5.26 Å². The van der Waals surface area contributed by atoms with Crippen LogP contribution in [-0.4, -0.2) is 61.8 Å². The molecular weight excluding hydrogens is 434 g/mol. The Bertz CT molecular complexity index is 1010. The minimum absolute atomic E-state index is 0.167. The van der Waals surface area contributed by atoms with Gasteiger partial charge >= 0.3 is 0 Å². The number of hydrogen-bond acceptors (Lipinski definition) is 7. The average molecular weight is 466 g/mol. The van der Waals surface area contributed by atoms with E-state index in [9.17, 15) is 5.26 Å². The van der Waals surface area contributed by atoms with Crippen LogP contribution in [0.1, 0.15) is 44.6 Å². The zero-order valence-corrected chi connectivity index (χ0v) is 20.0. The Balaban J connectivity index is 1.46. The maximum absolute atomic E-state index is 9.43. The second kappa shape index (κ2) is 10.5. The molecule has 2 unspecified atom stereocenters. The summed E-state index contributed by atoms with van der Waals surface area (Å²) in [7, 11) is 0. The van der Waals surface area contributed by atoms with Gasteiger partial charge in [0.15, 0.2) is 0 Å². The summed E-state index contributed by atoms with van der Waals surface area (Å²) in [6.45, 7) is 9.28. The van der Waals surface area contributed by atoms with E-state index in [1.165, 1.54) is 6.20 Å². The summed E-state index contributed by atoms with van der Waals surface area (Å²) in [4.78, 5) is 18.1. The van der Waals surface area contributed by atoms with Crippen LogP contribution in [0.4, 0.5) is 11.4 Å². The number of anilines is 1. The van der Waals surface area contributed by atoms with Gasteiger partial charge in [-0.15, -0.1) is 0 Å². The van der Waals surface area contributed by atoms with Gasteiger partial charge in [-0.25, -0.2) is 0 Å². The van der Waals surface area contributed by atoms with E-state index in [1.54, 1.807) is 6.21 Å². The number of nitrogens with two attached hydrogens (primary N) is 1. The van der Waals surface area contributed by atoms with Crippen LogP contribution in [0.3, 0.4) is 0 Å². The average Bonchev–Trinajstić information content (AvgIpc) is 3.51. The third-order valence-electron chi connectivity index (χ3n) is 6.83. The third-order valence-corrected chi connectivity index (χ3v) is 7.13. The maximum Gasteiger partial charge on any atom is 0.0991 e. The molecular formula is C25H32ClN7. The second-order valence-corrected chi connectivity index (χ2v) is 9.44. The quantitative estimate of drug-likeness (QED) is 0.606. The number of piperazine rings is 1. The van der Waals surface area contributed by atoms with E-state index in [0.717, 1.165) is 80.9 Å². The Morgan fingerprint density at radius 1 is 1.21 bits per heavy atom. The lowest BCUT2D eigenvalue weighted by atomic mass is 10.0. The number of nitriles is 1. The second-order valence-electron chi connectivity index (χ2n) is 9.03. The highest BCUT2D eigenvalue weighted by molar-refractivity contribution is 6.33. The molecule has 0 radical (unpaired) electrons. The first-order chi connectivity index (χ1) is 16.0. The predicted octanol–water partition coefficient (Wildman–Crippen LogP) is 4.33. The van der Waals surface area contributed by atoms with Gasteiger partial charge in [0.25, 0.3) is 0 Å². The number of halogens is 1. The first kappa shape index (κ1) is 23.5. The highest BCUT2D eigenvalue weighted by Gasteiger charge is 2.34. The molecule has 0 aromatic heterocycles. The molecule has 4 rings (SSSR count). The summed E-state index contributed by atoms with van der Waals surface area (Å²) >= 11 is 6.70. The largest absolute Gasteiger partial charge is 0.403 e. The van der Waals surface area contributed by atoms with Crippen molar-refractivity contribution in [2.45, 2.75) is 51.1 Å². The van der Waals surface area contributed by atoms with E-state index in [1.807, 2.05) is 19.1 Å². The van der Waals surface area contributed by atoms with E-state index >= 15 is 0 Å². The highest BCUT2D eigenvalue weighted by Crippen LogP contribution is 2.35. The fourth-order valence-electron chi connectivity index (χ4n) is 4.81. The summed E-state index contributed by atoms with van der Waals surface area (Å²) in [5, 5.41) is 10.1. The van der Waals surface area contributed by atoms with Gasteiger partial charge < -0.3 is 10.6 Å². The first-order valence-corrected chi connectivity index (χ1v) is 12.1. The summed E-state index contributed by atoms with van der Waals surface area (Å²) in [5.41, 5.74) is 9.75. The van der Waals surface area contributed by atoms with Crippen molar-refractivity contribution in [2.24, 2.45) is 26.6 Å². The van der Waals surface area contributed by atoms with Crippen molar-refractivity contribution in [1.29, 1.82) is 5.26 Å². The number of benzene rings is 1. The standard InChI is InChI=1S/C25H32ClN7/c1-17(31-20-6-7-20)23(15-28)30-16-19-12-21(26)25(13-22(19)29-2)33-10-8-32(9-11-33)24-5-3-4-18(24)14-27/h12-13,15-16,18,20,24H,2-11,28H2,1H3/b23-15+,30-16?,31-17?. The Morgan fingerprint density at radius 3 is 2.61 bits per heavy atom. The van der Waals surface area contributed by atoms with E-state index in [2.05, 4.69) is 37.6 Å². The Morgan fingerprint density at radius 2 is 1.97 bits per heavy atom. The van der Waals surface area contributed by atoms with Crippen LogP contribution in [0.25, 0.3) is 0 Å². The van der Waals surface area contributed by atoms with Crippen molar-refractivity contribution >= 4 is 41.6 Å². The normalized spacial score (nSPS) is 24.9. The van der Waals surface area contributed by atoms with Crippen LogP contribution in [0, 0.1) is 17.2 Å². The highest BCUT2D eigenvalue weighted by atomic mass is 35.5. The van der Waals surface area contributed by atoms with Gasteiger partial charge in [-0.05, 0) is 51.5 Å². The molecule has 1 saturated heterocycles. The maximum atomic E-state index is 9.43. The number of aliphatic imine (C=N–C) groups is 3. The Labute approximate surface area is 201 Å². The van der Waals surface area contributed by atoms with Crippen molar-refractivity contribution in [3.05, 3.63) is 34.6 Å². The molecule has 0 spiro atoms. The third kappa shape index (κ3) is 5.45. The Hall–Kier alpha value is -2.69. The number of nitrogens with zero attached hydrogens (tertiary/aromatic N) is 6. The lowest BCUT2D eigenvalue weighted by molar-refractivity contribution is 0.168. The number of hydrogen-bond donors (Lipinski definition) is 1. The molecule has 1 heterocycles. The van der Waals surface area contributed by atoms with Crippen LogP contribution in [0.2, 0.25) is 5.02 Å². The van der Waals surface area contributed by atoms with Crippen LogP contribution in [0.5, 0.6) is 0 Å². The zero-order valence-electron chi connectivity index (χ0n) is 19.3. The Kier molecular flexibility index (Phi) is 7.46. The van der Waals surface area contributed by atoms with Gasteiger partial charge in [0, 0.05) is 50.2 Å². The van der Waals surface area contributed by atoms with Gasteiger partial charge in [-0.3, -0.25) is 19.9 Å². The van der Waals surface area contributed by atoms with Gasteiger partial charge in [0.1, 0.15) is 0 Å². The number of rotatable bonds is 7. The molecule has 0 bridgehead atoms. The molecule has 1 aromatic rings. The molecule has 174 valence electrons. The van der Waals surface area contributed by atoms with E-state index in [-0.39, 0.29) is 5.92 Å². The summed E-state index contributed by atoms with van der Waals surface area (Å²) in [6, 6.07) is 7.18. The van der Waals surface area contributed by atoms with Crippen LogP contribution >= 0.6 is 11.6 Å². The van der Waals surface area contributed by atoms with Gasteiger partial charge in [-0.1, -0.05) is 18.0 Å². The minimum atomic E-state index is 0.167. The molecule has 2 aliphatic carbocycles. The molecule has 2 atom stereocenters. The zero-order chi connectivity index (χ0) is 23.4. The molecule has 2 N–H and O–H groups in total. The molecule has 33 heavy (non-hydrogen) atoms. The summed E-state index contributed by atoms with van der Waals surface area (Å²) in [5.74, 6) is 0.167. The summed E-state index contributed by atoms with van der Waals surface area (Å²) < 4.78 is 0. The smallest absolute Gasteiger partial charge is 0.0991 e. The van der Waals surface area contributed by atoms with Crippen molar-refractivity contribution in [2.75, 3.05) is 31.1 Å². The van der Waals surface area contributed by atoms with Gasteiger partial charge in [0.05, 0.1) is 45.8 Å². The fraction of sp³-hybridized carbons (Fsp3) is 0.520. The molecule has 3 fully saturated rings. The predicted molar refractivity (Wildman–Crippen MR) is 137 cm³/mol. The fourth-order valence-corrected chi connectivity index (χ4v) is 5.10. The summed E-state index contributed by atoms with van der Waals surface area (Å²) in [6.07, 6.45) is 8.78. The lowest BCUT2D eigenvalue weighted by Crippen LogP contribution is -2.51. The SMILES string of the molecule is C=Nc1cc(N2CCN(C3CCCC3C#N)CC2)c(Cl)cc1C=N/C(=C/N)C(C)=NC1CC1. The van der Waals surface area contributed by atoms with Crippen molar-refractivity contribution < 1.29 is 0 Å². The first-order valence-electron chi connectivity index (χ1n) is 11.7. The lowest BCUT2D eigenvalue weighted by Gasteiger charge is -2.40. The van der Waals surface area contributed by atoms with Crippen LogP contribution in [0.15, 0.2) is 39.0 Å². The number of allylic oxidation sites excluding steroid dienone is 1. The van der Waals surface area contributed by atoms with Crippen LogP contribution < -0.4 is 10.6 Å². The molecule has 7 nitrogen and oxygen atoms in total. The van der Waals surface area contributed by atoms with E-state index in [0.29, 0.717) is 22.8 Å². The molecule has 2 saturated carbocycles. The topological polar surface area (TPSA) is 93.4 Å². The van der Waals surface area contributed by atoms with Crippen LogP contribution in [-0.2, 0) is 0 Å². The monoisotopic (exact) mass is 465 g/mol. The van der Waals surface area contributed by atoms with Crippen molar-refractivity contribution in [3.8, 4) is 6.07 Å². The molecule has 1 aliphatic heterocycles. The minimum Gasteiger partial charge on any atom is -0.403 e. The molecule has 3 aliphatic rings. The van der Waals surface area contributed by atoms with E-state index in [4.69, 9.17) is 17.3 Å². The molecule has 0 amide bonds.